The van der Waals surface area contributed by atoms with Crippen LogP contribution < -0.4 is 5.32 Å². The Morgan fingerprint density at radius 3 is 2.45 bits per heavy atom. The summed E-state index contributed by atoms with van der Waals surface area (Å²) in [7, 11) is 0. The van der Waals surface area contributed by atoms with Crippen LogP contribution in [0.25, 0.3) is 11.3 Å². The normalized spacial score (nSPS) is 10.5. The van der Waals surface area contributed by atoms with Gasteiger partial charge in [-0.25, -0.2) is 0 Å². The molecule has 0 radical (unpaired) electrons. The Balaban J connectivity index is 1.80. The highest BCUT2D eigenvalue weighted by atomic mass is 35.5. The summed E-state index contributed by atoms with van der Waals surface area (Å²) in [5, 5.41) is 10.8. The molecule has 0 aliphatic carbocycles. The van der Waals surface area contributed by atoms with E-state index in [2.05, 4.69) is 15.5 Å². The molecule has 0 atom stereocenters. The second kappa shape index (κ2) is 6.22. The van der Waals surface area contributed by atoms with Crippen LogP contribution in [0.5, 0.6) is 0 Å². The first kappa shape index (κ1) is 14.6. The van der Waals surface area contributed by atoms with Crippen molar-refractivity contribution in [2.45, 2.75) is 0 Å². The van der Waals surface area contributed by atoms with E-state index >= 15 is 0 Å². The number of amides is 1. The van der Waals surface area contributed by atoms with Gasteiger partial charge in [0.05, 0.1) is 5.69 Å². The van der Waals surface area contributed by atoms with Crippen LogP contribution in [0.15, 0.2) is 54.6 Å². The zero-order valence-corrected chi connectivity index (χ0v) is 12.8. The van der Waals surface area contributed by atoms with Crippen molar-refractivity contribution in [2.24, 2.45) is 0 Å². The van der Waals surface area contributed by atoms with Crippen molar-refractivity contribution in [1.82, 2.24) is 10.2 Å². The van der Waals surface area contributed by atoms with Crippen LogP contribution in [-0.4, -0.2) is 16.1 Å². The fourth-order valence-corrected chi connectivity index (χ4v) is 2.38. The van der Waals surface area contributed by atoms with Crippen molar-refractivity contribution in [3.05, 3.63) is 70.3 Å². The van der Waals surface area contributed by atoms with Crippen LogP contribution in [0.4, 0.5) is 5.69 Å². The molecule has 0 saturated carbocycles. The summed E-state index contributed by atoms with van der Waals surface area (Å²) < 4.78 is 0. The lowest BCUT2D eigenvalue weighted by molar-refractivity contribution is 0.102. The third-order valence-electron chi connectivity index (χ3n) is 3.03. The summed E-state index contributed by atoms with van der Waals surface area (Å²) in [6.07, 6.45) is 0. The summed E-state index contributed by atoms with van der Waals surface area (Å²) in [4.78, 5) is 12.2. The molecule has 0 aliphatic rings. The Bertz CT molecular complexity index is 830. The van der Waals surface area contributed by atoms with Crippen molar-refractivity contribution in [2.75, 3.05) is 5.32 Å². The van der Waals surface area contributed by atoms with Gasteiger partial charge in [0.15, 0.2) is 0 Å². The number of aromatic nitrogens is 2. The third-order valence-corrected chi connectivity index (χ3v) is 3.50. The second-order valence-electron chi connectivity index (χ2n) is 4.64. The highest BCUT2D eigenvalue weighted by Crippen LogP contribution is 2.22. The van der Waals surface area contributed by atoms with Crippen LogP contribution in [-0.2, 0) is 0 Å². The fourth-order valence-electron chi connectivity index (χ4n) is 2.00. The van der Waals surface area contributed by atoms with E-state index in [-0.39, 0.29) is 5.91 Å². The van der Waals surface area contributed by atoms with Crippen molar-refractivity contribution in [1.29, 1.82) is 0 Å². The maximum atomic E-state index is 12.2. The molecule has 1 aromatic heterocycles. The van der Waals surface area contributed by atoms with Gasteiger partial charge in [-0.3, -0.25) is 9.89 Å². The molecule has 4 nitrogen and oxygen atoms in total. The molecule has 1 heterocycles. The van der Waals surface area contributed by atoms with E-state index in [0.29, 0.717) is 27.1 Å². The number of benzene rings is 2. The SMILES string of the molecule is O=C(Nc1cccc(Cl)c1)c1cc(-c2cccc(Cl)c2)n[nH]1. The van der Waals surface area contributed by atoms with Gasteiger partial charge in [0.1, 0.15) is 5.69 Å². The number of carbonyl (C=O) groups excluding carboxylic acids is 1. The maximum absolute atomic E-state index is 12.2. The lowest BCUT2D eigenvalue weighted by atomic mass is 10.1. The molecule has 0 unspecified atom stereocenters. The standard InChI is InChI=1S/C16H11Cl2N3O/c17-11-4-1-3-10(7-11)14-9-15(21-20-14)16(22)19-13-6-2-5-12(18)8-13/h1-9H,(H,19,22)(H,20,21). The molecule has 2 aromatic carbocycles. The number of rotatable bonds is 3. The first-order valence-corrected chi connectivity index (χ1v) is 7.26. The minimum atomic E-state index is -0.289. The van der Waals surface area contributed by atoms with E-state index in [4.69, 9.17) is 23.2 Å². The Kier molecular flexibility index (Phi) is 4.13. The number of halogens is 2. The molecule has 0 saturated heterocycles. The Morgan fingerprint density at radius 1 is 1.00 bits per heavy atom. The van der Waals surface area contributed by atoms with E-state index in [1.807, 2.05) is 12.1 Å². The van der Waals surface area contributed by atoms with Gasteiger partial charge in [0, 0.05) is 21.3 Å². The lowest BCUT2D eigenvalue weighted by Gasteiger charge is -2.03. The zero-order chi connectivity index (χ0) is 15.5. The first-order valence-electron chi connectivity index (χ1n) is 6.50. The molecular weight excluding hydrogens is 321 g/mol. The molecule has 0 aliphatic heterocycles. The second-order valence-corrected chi connectivity index (χ2v) is 5.51. The van der Waals surface area contributed by atoms with Crippen LogP contribution >= 0.6 is 23.2 Å². The highest BCUT2D eigenvalue weighted by molar-refractivity contribution is 6.31. The Labute approximate surface area is 137 Å². The molecule has 1 amide bonds. The summed E-state index contributed by atoms with van der Waals surface area (Å²) in [6, 6.07) is 15.9. The Morgan fingerprint density at radius 2 is 1.73 bits per heavy atom. The van der Waals surface area contributed by atoms with Gasteiger partial charge in [-0.15, -0.1) is 0 Å². The van der Waals surface area contributed by atoms with Crippen LogP contribution in [0, 0.1) is 0 Å². The molecule has 22 heavy (non-hydrogen) atoms. The van der Waals surface area contributed by atoms with Gasteiger partial charge in [-0.05, 0) is 36.4 Å². The van der Waals surface area contributed by atoms with E-state index in [0.717, 1.165) is 5.56 Å². The quantitative estimate of drug-likeness (QED) is 0.734. The Hall–Kier alpha value is -2.30. The molecule has 0 fully saturated rings. The summed E-state index contributed by atoms with van der Waals surface area (Å²) in [5.41, 5.74) is 2.47. The van der Waals surface area contributed by atoms with E-state index in [1.165, 1.54) is 0 Å². The summed E-state index contributed by atoms with van der Waals surface area (Å²) in [5.74, 6) is -0.289. The number of carbonyl (C=O) groups is 1. The minimum absolute atomic E-state index is 0.289. The van der Waals surface area contributed by atoms with Gasteiger partial charge in [-0.1, -0.05) is 41.4 Å². The number of H-pyrrole nitrogens is 1. The van der Waals surface area contributed by atoms with Crippen molar-refractivity contribution in [3.8, 4) is 11.3 Å². The third kappa shape index (κ3) is 3.30. The number of aromatic amines is 1. The molecule has 0 bridgehead atoms. The monoisotopic (exact) mass is 331 g/mol. The first-order chi connectivity index (χ1) is 10.6. The number of hydrogen-bond acceptors (Lipinski definition) is 2. The predicted octanol–water partition coefficient (Wildman–Crippen LogP) is 4.64. The van der Waals surface area contributed by atoms with Crippen LogP contribution in [0.1, 0.15) is 10.5 Å². The highest BCUT2D eigenvalue weighted by Gasteiger charge is 2.11. The zero-order valence-electron chi connectivity index (χ0n) is 11.3. The van der Waals surface area contributed by atoms with Gasteiger partial charge >= 0.3 is 0 Å². The van der Waals surface area contributed by atoms with Crippen molar-refractivity contribution < 1.29 is 4.79 Å². The number of nitrogens with zero attached hydrogens (tertiary/aromatic N) is 1. The summed E-state index contributed by atoms with van der Waals surface area (Å²) in [6.45, 7) is 0. The van der Waals surface area contributed by atoms with E-state index < -0.39 is 0 Å². The largest absolute Gasteiger partial charge is 0.321 e. The van der Waals surface area contributed by atoms with Crippen molar-refractivity contribution in [3.63, 3.8) is 0 Å². The molecule has 3 aromatic rings. The van der Waals surface area contributed by atoms with Gasteiger partial charge in [0.2, 0.25) is 0 Å². The van der Waals surface area contributed by atoms with Gasteiger partial charge in [0.25, 0.3) is 5.91 Å². The lowest BCUT2D eigenvalue weighted by Crippen LogP contribution is -2.12. The van der Waals surface area contributed by atoms with Gasteiger partial charge < -0.3 is 5.32 Å². The van der Waals surface area contributed by atoms with E-state index in [1.54, 1.807) is 42.5 Å². The summed E-state index contributed by atoms with van der Waals surface area (Å²) >= 11 is 11.8. The number of hydrogen-bond donors (Lipinski definition) is 2. The van der Waals surface area contributed by atoms with Crippen LogP contribution in [0.3, 0.4) is 0 Å². The number of nitrogens with one attached hydrogen (secondary N) is 2. The van der Waals surface area contributed by atoms with Gasteiger partial charge in [-0.2, -0.15) is 5.10 Å². The smallest absolute Gasteiger partial charge is 0.273 e. The topological polar surface area (TPSA) is 57.8 Å². The average Bonchev–Trinajstić information content (AvgIpc) is 2.97. The minimum Gasteiger partial charge on any atom is -0.321 e. The average molecular weight is 332 g/mol. The molecule has 0 spiro atoms. The molecule has 110 valence electrons. The molecule has 6 heteroatoms. The molecular formula is C16H11Cl2N3O. The van der Waals surface area contributed by atoms with Crippen LogP contribution in [0.2, 0.25) is 10.0 Å². The van der Waals surface area contributed by atoms with E-state index in [9.17, 15) is 4.79 Å². The molecule has 2 N–H and O–H groups in total. The number of anilines is 1. The predicted molar refractivity (Wildman–Crippen MR) is 88.4 cm³/mol. The fraction of sp³-hybridized carbons (Fsp3) is 0. The maximum Gasteiger partial charge on any atom is 0.273 e. The molecule has 3 rings (SSSR count). The van der Waals surface area contributed by atoms with Crippen molar-refractivity contribution >= 4 is 34.8 Å².